The fourth-order valence-electron chi connectivity index (χ4n) is 4.28. The second-order valence-electron chi connectivity index (χ2n) is 7.96. The summed E-state index contributed by atoms with van der Waals surface area (Å²) in [5.74, 6) is 2.05. The molecular formula is C25H26N2O2. The van der Waals surface area contributed by atoms with Crippen molar-refractivity contribution in [2.24, 2.45) is 0 Å². The standard InChI is InChI=1S/C25H26N2O2/c1-19-23-16-27(14-21-10-6-3-7-11-21)17-28-24(23)12-22-15-26(18-29-25(19)22)13-20-8-4-2-5-9-20/h2-12H,13-18H2,1H3. The molecule has 0 unspecified atom stereocenters. The van der Waals surface area contributed by atoms with Gasteiger partial charge in [0.25, 0.3) is 0 Å². The average Bonchev–Trinajstić information content (AvgIpc) is 2.76. The summed E-state index contributed by atoms with van der Waals surface area (Å²) in [6, 6.07) is 23.3. The van der Waals surface area contributed by atoms with Crippen molar-refractivity contribution in [3.63, 3.8) is 0 Å². The van der Waals surface area contributed by atoms with Gasteiger partial charge in [0, 0.05) is 37.3 Å². The summed E-state index contributed by atoms with van der Waals surface area (Å²) in [6.07, 6.45) is 0. The monoisotopic (exact) mass is 386 g/mol. The number of ether oxygens (including phenoxy) is 2. The van der Waals surface area contributed by atoms with Crippen LogP contribution >= 0.6 is 0 Å². The van der Waals surface area contributed by atoms with Gasteiger partial charge in [0.2, 0.25) is 0 Å². The third kappa shape index (κ3) is 3.86. The summed E-state index contributed by atoms with van der Waals surface area (Å²) in [7, 11) is 0. The van der Waals surface area contributed by atoms with Crippen molar-refractivity contribution in [1.82, 2.24) is 9.80 Å². The molecule has 0 N–H and O–H groups in total. The lowest BCUT2D eigenvalue weighted by Crippen LogP contribution is -2.34. The van der Waals surface area contributed by atoms with E-state index in [9.17, 15) is 0 Å². The Morgan fingerprint density at radius 2 is 1.34 bits per heavy atom. The van der Waals surface area contributed by atoms with E-state index in [-0.39, 0.29) is 0 Å². The van der Waals surface area contributed by atoms with Crippen LogP contribution in [-0.4, -0.2) is 23.3 Å². The number of hydrogen-bond donors (Lipinski definition) is 0. The van der Waals surface area contributed by atoms with E-state index in [2.05, 4.69) is 83.5 Å². The van der Waals surface area contributed by atoms with Gasteiger partial charge in [-0.15, -0.1) is 0 Å². The fraction of sp³-hybridized carbons (Fsp3) is 0.280. The quantitative estimate of drug-likeness (QED) is 0.649. The van der Waals surface area contributed by atoms with Gasteiger partial charge in [0.15, 0.2) is 0 Å². The molecule has 4 nitrogen and oxygen atoms in total. The minimum absolute atomic E-state index is 0.620. The Morgan fingerprint density at radius 3 is 2.00 bits per heavy atom. The first-order valence-electron chi connectivity index (χ1n) is 10.2. The van der Waals surface area contributed by atoms with Gasteiger partial charge in [-0.1, -0.05) is 60.7 Å². The van der Waals surface area contributed by atoms with E-state index in [1.54, 1.807) is 0 Å². The van der Waals surface area contributed by atoms with Crippen LogP contribution < -0.4 is 9.47 Å². The van der Waals surface area contributed by atoms with Crippen LogP contribution in [-0.2, 0) is 26.2 Å². The maximum absolute atomic E-state index is 6.21. The summed E-state index contributed by atoms with van der Waals surface area (Å²) >= 11 is 0. The van der Waals surface area contributed by atoms with E-state index < -0.39 is 0 Å². The summed E-state index contributed by atoms with van der Waals surface area (Å²) in [4.78, 5) is 4.66. The molecule has 0 bridgehead atoms. The second-order valence-corrected chi connectivity index (χ2v) is 7.96. The number of benzene rings is 3. The molecular weight excluding hydrogens is 360 g/mol. The average molecular weight is 386 g/mol. The lowest BCUT2D eigenvalue weighted by molar-refractivity contribution is 0.0774. The van der Waals surface area contributed by atoms with E-state index in [0.717, 1.165) is 37.7 Å². The Balaban J connectivity index is 1.33. The largest absolute Gasteiger partial charge is 0.478 e. The van der Waals surface area contributed by atoms with Crippen molar-refractivity contribution in [1.29, 1.82) is 0 Å². The van der Waals surface area contributed by atoms with Crippen LogP contribution in [0.4, 0.5) is 0 Å². The lowest BCUT2D eigenvalue weighted by Gasteiger charge is -2.35. The van der Waals surface area contributed by atoms with Crippen LogP contribution in [0.25, 0.3) is 0 Å². The Kier molecular flexibility index (Phi) is 4.96. The summed E-state index contributed by atoms with van der Waals surface area (Å²) in [6.45, 7) is 6.96. The predicted octanol–water partition coefficient (Wildman–Crippen LogP) is 4.70. The molecule has 3 aromatic rings. The fourth-order valence-corrected chi connectivity index (χ4v) is 4.28. The number of hydrogen-bond acceptors (Lipinski definition) is 4. The minimum Gasteiger partial charge on any atom is -0.478 e. The van der Waals surface area contributed by atoms with E-state index in [1.807, 2.05) is 0 Å². The third-order valence-corrected chi connectivity index (χ3v) is 5.76. The molecule has 29 heavy (non-hydrogen) atoms. The van der Waals surface area contributed by atoms with Crippen LogP contribution in [0.3, 0.4) is 0 Å². The SMILES string of the molecule is Cc1c2c(cc3c1OCN(Cc1ccccc1)C3)OCN(Cc1ccccc1)C2. The first kappa shape index (κ1) is 18.2. The van der Waals surface area contributed by atoms with Crippen molar-refractivity contribution in [2.45, 2.75) is 33.1 Å². The topological polar surface area (TPSA) is 24.9 Å². The van der Waals surface area contributed by atoms with Gasteiger partial charge >= 0.3 is 0 Å². The lowest BCUT2D eigenvalue weighted by atomic mass is 9.99. The molecule has 0 aliphatic carbocycles. The van der Waals surface area contributed by atoms with Gasteiger partial charge in [-0.05, 0) is 29.7 Å². The highest BCUT2D eigenvalue weighted by molar-refractivity contribution is 5.54. The molecule has 0 atom stereocenters. The molecule has 0 amide bonds. The smallest absolute Gasteiger partial charge is 0.142 e. The Morgan fingerprint density at radius 1 is 0.759 bits per heavy atom. The molecule has 5 rings (SSSR count). The third-order valence-electron chi connectivity index (χ3n) is 5.76. The van der Waals surface area contributed by atoms with Crippen molar-refractivity contribution in [3.05, 3.63) is 94.5 Å². The van der Waals surface area contributed by atoms with Crippen LogP contribution in [0.5, 0.6) is 11.5 Å². The van der Waals surface area contributed by atoms with Gasteiger partial charge in [-0.2, -0.15) is 0 Å². The highest BCUT2D eigenvalue weighted by Gasteiger charge is 2.27. The molecule has 148 valence electrons. The molecule has 0 saturated heterocycles. The zero-order valence-electron chi connectivity index (χ0n) is 16.8. The van der Waals surface area contributed by atoms with Crippen LogP contribution in [0.15, 0.2) is 66.7 Å². The number of rotatable bonds is 4. The molecule has 2 aliphatic heterocycles. The predicted molar refractivity (Wildman–Crippen MR) is 114 cm³/mol. The first-order valence-corrected chi connectivity index (χ1v) is 10.2. The molecule has 2 aliphatic rings. The van der Waals surface area contributed by atoms with Crippen molar-refractivity contribution < 1.29 is 9.47 Å². The van der Waals surface area contributed by atoms with Crippen molar-refractivity contribution in [3.8, 4) is 11.5 Å². The minimum atomic E-state index is 0.620. The van der Waals surface area contributed by atoms with Gasteiger partial charge in [0.05, 0.1) is 0 Å². The Hall–Kier alpha value is -2.82. The molecule has 3 aromatic carbocycles. The van der Waals surface area contributed by atoms with Crippen LogP contribution in [0.1, 0.15) is 27.8 Å². The second kappa shape index (κ2) is 7.90. The highest BCUT2D eigenvalue weighted by atomic mass is 16.5. The maximum Gasteiger partial charge on any atom is 0.142 e. The molecule has 0 spiro atoms. The first-order chi connectivity index (χ1) is 14.3. The summed E-state index contributed by atoms with van der Waals surface area (Å²) in [5.41, 5.74) is 6.31. The summed E-state index contributed by atoms with van der Waals surface area (Å²) in [5, 5.41) is 0. The van der Waals surface area contributed by atoms with Gasteiger partial charge in [0.1, 0.15) is 25.0 Å². The number of nitrogens with zero attached hydrogens (tertiary/aromatic N) is 2. The molecule has 0 radical (unpaired) electrons. The normalized spacial score (nSPS) is 16.4. The van der Waals surface area contributed by atoms with E-state index in [1.165, 1.54) is 27.8 Å². The molecule has 0 saturated carbocycles. The van der Waals surface area contributed by atoms with E-state index >= 15 is 0 Å². The van der Waals surface area contributed by atoms with Gasteiger partial charge in [-0.3, -0.25) is 9.80 Å². The van der Waals surface area contributed by atoms with Crippen LogP contribution in [0.2, 0.25) is 0 Å². The molecule has 2 heterocycles. The zero-order valence-corrected chi connectivity index (χ0v) is 16.8. The number of fused-ring (bicyclic) bond motifs is 2. The maximum atomic E-state index is 6.21. The zero-order chi connectivity index (χ0) is 19.6. The molecule has 4 heteroatoms. The highest BCUT2D eigenvalue weighted by Crippen LogP contribution is 2.39. The molecule has 0 aromatic heterocycles. The summed E-state index contributed by atoms with van der Waals surface area (Å²) < 4.78 is 12.4. The Labute approximate surface area is 172 Å². The van der Waals surface area contributed by atoms with Crippen molar-refractivity contribution in [2.75, 3.05) is 13.5 Å². The van der Waals surface area contributed by atoms with Crippen LogP contribution in [0, 0.1) is 6.92 Å². The van der Waals surface area contributed by atoms with Gasteiger partial charge < -0.3 is 9.47 Å². The van der Waals surface area contributed by atoms with Crippen molar-refractivity contribution >= 4 is 0 Å². The van der Waals surface area contributed by atoms with E-state index in [0.29, 0.717) is 13.5 Å². The Bertz CT molecular complexity index is 989. The van der Waals surface area contributed by atoms with Gasteiger partial charge in [-0.25, -0.2) is 0 Å². The molecule has 0 fully saturated rings. The van der Waals surface area contributed by atoms with E-state index in [4.69, 9.17) is 9.47 Å².